The van der Waals surface area contributed by atoms with Gasteiger partial charge in [-0.1, -0.05) is 0 Å². The van der Waals surface area contributed by atoms with E-state index in [0.717, 1.165) is 0 Å². The Balaban J connectivity index is 1.76. The highest BCUT2D eigenvalue weighted by Gasteiger charge is 2.48. The van der Waals surface area contributed by atoms with E-state index in [0.29, 0.717) is 45.6 Å². The van der Waals surface area contributed by atoms with Crippen molar-refractivity contribution in [1.82, 2.24) is 0 Å². The van der Waals surface area contributed by atoms with Crippen LogP contribution in [-0.4, -0.2) is 108 Å². The number of aliphatic hydroxyl groups is 4. The quantitative estimate of drug-likeness (QED) is 0.277. The standard InChI is InChI=1S/C29H40O13/c1-34-19-7-14(8-20(35-2)27(19)38-5)25-16(11-30)17(12-40-29-24(33)23(32)18(31)13-41-29)26(42-25)15-9-21(36-3)28(39-6)22(10-15)37-4/h7-10,16-18,23-26,29-33H,11-13H2,1-6H3/t16-,17+,18-,23+,24-,25+,26-,29-/m1/s1. The van der Waals surface area contributed by atoms with Crippen molar-refractivity contribution in [1.29, 1.82) is 0 Å². The summed E-state index contributed by atoms with van der Waals surface area (Å²) in [5, 5.41) is 41.1. The summed E-state index contributed by atoms with van der Waals surface area (Å²) in [6.45, 7) is -0.540. The van der Waals surface area contributed by atoms with Crippen LogP contribution in [0.1, 0.15) is 23.3 Å². The van der Waals surface area contributed by atoms with Gasteiger partial charge in [-0.2, -0.15) is 0 Å². The smallest absolute Gasteiger partial charge is 0.203 e. The second-order valence-corrected chi connectivity index (χ2v) is 9.99. The zero-order valence-electron chi connectivity index (χ0n) is 24.5. The molecule has 0 aliphatic carbocycles. The second kappa shape index (κ2) is 14.0. The second-order valence-electron chi connectivity index (χ2n) is 9.99. The van der Waals surface area contributed by atoms with Crippen LogP contribution in [0.3, 0.4) is 0 Å². The van der Waals surface area contributed by atoms with Crippen LogP contribution in [0.4, 0.5) is 0 Å². The van der Waals surface area contributed by atoms with Crippen molar-refractivity contribution in [3.05, 3.63) is 35.4 Å². The molecule has 0 unspecified atom stereocenters. The fraction of sp³-hybridized carbons (Fsp3) is 0.586. The van der Waals surface area contributed by atoms with E-state index >= 15 is 0 Å². The average Bonchev–Trinajstić information content (AvgIpc) is 3.40. The molecule has 0 bridgehead atoms. The van der Waals surface area contributed by atoms with E-state index in [4.69, 9.17) is 42.6 Å². The highest BCUT2D eigenvalue weighted by atomic mass is 16.7. The third-order valence-corrected chi connectivity index (χ3v) is 7.77. The number of benzene rings is 2. The molecule has 42 heavy (non-hydrogen) atoms. The Bertz CT molecular complexity index is 1140. The summed E-state index contributed by atoms with van der Waals surface area (Å²) >= 11 is 0. The lowest BCUT2D eigenvalue weighted by Gasteiger charge is -2.36. The molecule has 234 valence electrons. The van der Waals surface area contributed by atoms with Gasteiger partial charge in [0.2, 0.25) is 11.5 Å². The van der Waals surface area contributed by atoms with Crippen molar-refractivity contribution >= 4 is 0 Å². The summed E-state index contributed by atoms with van der Waals surface area (Å²) in [5.41, 5.74) is 1.32. The van der Waals surface area contributed by atoms with E-state index in [-0.39, 0.29) is 19.8 Å². The Hall–Kier alpha value is -3.04. The Labute approximate surface area is 244 Å². The lowest BCUT2D eigenvalue weighted by Crippen LogP contribution is -2.54. The zero-order chi connectivity index (χ0) is 30.6. The Morgan fingerprint density at radius 3 is 1.52 bits per heavy atom. The molecule has 0 radical (unpaired) electrons. The van der Waals surface area contributed by atoms with Gasteiger partial charge < -0.3 is 63.1 Å². The van der Waals surface area contributed by atoms with Crippen LogP contribution in [0, 0.1) is 11.8 Å². The molecule has 2 aliphatic rings. The first-order valence-corrected chi connectivity index (χ1v) is 13.4. The average molecular weight is 597 g/mol. The van der Waals surface area contributed by atoms with Crippen LogP contribution in [0.25, 0.3) is 0 Å². The summed E-state index contributed by atoms with van der Waals surface area (Å²) in [6, 6.07) is 7.04. The number of ether oxygens (including phenoxy) is 9. The maximum Gasteiger partial charge on any atom is 0.203 e. The number of hydrogen-bond acceptors (Lipinski definition) is 13. The minimum absolute atomic E-state index is 0.0436. The first-order chi connectivity index (χ1) is 20.3. The third-order valence-electron chi connectivity index (χ3n) is 7.77. The first-order valence-electron chi connectivity index (χ1n) is 13.4. The van der Waals surface area contributed by atoms with Crippen LogP contribution in [-0.2, 0) is 14.2 Å². The first kappa shape index (κ1) is 31.9. The zero-order valence-corrected chi connectivity index (χ0v) is 24.5. The van der Waals surface area contributed by atoms with Crippen molar-refractivity contribution in [2.24, 2.45) is 11.8 Å². The molecule has 0 aromatic heterocycles. The Morgan fingerprint density at radius 2 is 1.12 bits per heavy atom. The van der Waals surface area contributed by atoms with Gasteiger partial charge in [-0.25, -0.2) is 0 Å². The molecule has 13 heteroatoms. The molecule has 4 rings (SSSR count). The monoisotopic (exact) mass is 596 g/mol. The molecular weight excluding hydrogens is 556 g/mol. The molecule has 8 atom stereocenters. The lowest BCUT2D eigenvalue weighted by atomic mass is 9.83. The van der Waals surface area contributed by atoms with Crippen molar-refractivity contribution in [3.8, 4) is 34.5 Å². The fourth-order valence-electron chi connectivity index (χ4n) is 5.57. The Kier molecular flexibility index (Phi) is 10.6. The molecule has 4 N–H and O–H groups in total. The van der Waals surface area contributed by atoms with Crippen LogP contribution in [0.5, 0.6) is 34.5 Å². The fourth-order valence-corrected chi connectivity index (χ4v) is 5.57. The molecule has 2 heterocycles. The number of aliphatic hydroxyl groups excluding tert-OH is 4. The van der Waals surface area contributed by atoms with Gasteiger partial charge in [-0.15, -0.1) is 0 Å². The number of rotatable bonds is 12. The summed E-state index contributed by atoms with van der Waals surface area (Å²) in [5.74, 6) is 1.46. The number of methoxy groups -OCH3 is 6. The predicted octanol–water partition coefficient (Wildman–Crippen LogP) is 1.23. The summed E-state index contributed by atoms with van der Waals surface area (Å²) in [7, 11) is 9.05. The molecule has 0 saturated carbocycles. The SMILES string of the molecule is COc1cc([C@H]2O[C@@H](c3cc(OC)c(OC)c(OC)c3)[C@H](CO)[C@@H]2CO[C@@H]2OC[C@@H](O)[C@H](O)[C@H]2O)cc(OC)c1OC. The molecule has 0 spiro atoms. The van der Waals surface area contributed by atoms with Gasteiger partial charge in [0.05, 0.1) is 68.1 Å². The minimum atomic E-state index is -1.48. The highest BCUT2D eigenvalue weighted by molar-refractivity contribution is 5.56. The molecule has 2 aromatic carbocycles. The van der Waals surface area contributed by atoms with Gasteiger partial charge in [-0.3, -0.25) is 0 Å². The minimum Gasteiger partial charge on any atom is -0.493 e. The molecule has 13 nitrogen and oxygen atoms in total. The predicted molar refractivity (Wildman–Crippen MR) is 147 cm³/mol. The number of hydrogen-bond donors (Lipinski definition) is 4. The van der Waals surface area contributed by atoms with E-state index < -0.39 is 48.6 Å². The van der Waals surface area contributed by atoms with Crippen LogP contribution < -0.4 is 28.4 Å². The highest BCUT2D eigenvalue weighted by Crippen LogP contribution is 2.53. The lowest BCUT2D eigenvalue weighted by molar-refractivity contribution is -0.274. The van der Waals surface area contributed by atoms with Crippen molar-refractivity contribution in [2.75, 3.05) is 62.5 Å². The van der Waals surface area contributed by atoms with E-state index in [1.165, 1.54) is 42.7 Å². The van der Waals surface area contributed by atoms with Crippen LogP contribution >= 0.6 is 0 Å². The third kappa shape index (κ3) is 6.04. The largest absolute Gasteiger partial charge is 0.493 e. The molecule has 2 aliphatic heterocycles. The topological polar surface area (TPSA) is 164 Å². The maximum atomic E-state index is 10.7. The van der Waals surface area contributed by atoms with E-state index in [1.54, 1.807) is 24.3 Å². The van der Waals surface area contributed by atoms with Crippen molar-refractivity contribution < 1.29 is 63.1 Å². The van der Waals surface area contributed by atoms with Gasteiger partial charge >= 0.3 is 0 Å². The van der Waals surface area contributed by atoms with Crippen molar-refractivity contribution in [3.63, 3.8) is 0 Å². The molecule has 0 amide bonds. The van der Waals surface area contributed by atoms with E-state index in [1.807, 2.05) is 0 Å². The van der Waals surface area contributed by atoms with Crippen LogP contribution in [0.15, 0.2) is 24.3 Å². The van der Waals surface area contributed by atoms with Gasteiger partial charge in [-0.05, 0) is 35.4 Å². The van der Waals surface area contributed by atoms with E-state index in [2.05, 4.69) is 0 Å². The van der Waals surface area contributed by atoms with Crippen LogP contribution in [0.2, 0.25) is 0 Å². The molecule has 2 saturated heterocycles. The van der Waals surface area contributed by atoms with Gasteiger partial charge in [0.1, 0.15) is 18.3 Å². The molecule has 2 aromatic rings. The molecular formula is C29H40O13. The van der Waals surface area contributed by atoms with E-state index in [9.17, 15) is 20.4 Å². The normalized spacial score (nSPS) is 29.2. The van der Waals surface area contributed by atoms with Gasteiger partial charge in [0.25, 0.3) is 0 Å². The van der Waals surface area contributed by atoms with Crippen molar-refractivity contribution in [2.45, 2.75) is 36.8 Å². The van der Waals surface area contributed by atoms with Gasteiger partial charge in [0.15, 0.2) is 29.3 Å². The Morgan fingerprint density at radius 1 is 0.667 bits per heavy atom. The summed E-state index contributed by atoms with van der Waals surface area (Å²) in [6.07, 6.45) is -6.69. The molecule has 2 fully saturated rings. The van der Waals surface area contributed by atoms with Gasteiger partial charge in [0, 0.05) is 18.4 Å². The maximum absolute atomic E-state index is 10.7. The summed E-state index contributed by atoms with van der Waals surface area (Å²) in [4.78, 5) is 0. The summed E-state index contributed by atoms with van der Waals surface area (Å²) < 4.78 is 51.2.